The van der Waals surface area contributed by atoms with E-state index in [-0.39, 0.29) is 16.5 Å². The molecule has 1 atom stereocenters. The maximum absolute atomic E-state index is 10.9. The minimum atomic E-state index is -0.330. The van der Waals surface area contributed by atoms with Crippen LogP contribution in [0.15, 0.2) is 35.8 Å². The van der Waals surface area contributed by atoms with E-state index in [4.69, 9.17) is 0 Å². The van der Waals surface area contributed by atoms with Gasteiger partial charge < -0.3 is 0 Å². The highest BCUT2D eigenvalue weighted by Crippen LogP contribution is 2.44. The van der Waals surface area contributed by atoms with E-state index in [0.717, 1.165) is 10.6 Å². The Kier molecular flexibility index (Phi) is 3.29. The van der Waals surface area contributed by atoms with E-state index in [0.29, 0.717) is 5.92 Å². The number of nitrogens with zero attached hydrogens (tertiary/aromatic N) is 2. The quantitative estimate of drug-likeness (QED) is 0.626. The zero-order valence-corrected chi connectivity index (χ0v) is 11.2. The molecule has 4 nitrogen and oxygen atoms in total. The van der Waals surface area contributed by atoms with E-state index in [2.05, 4.69) is 4.98 Å². The number of nitro groups is 1. The second-order valence-corrected chi connectivity index (χ2v) is 5.82. The van der Waals surface area contributed by atoms with Crippen molar-refractivity contribution in [1.82, 2.24) is 4.98 Å². The van der Waals surface area contributed by atoms with Crippen LogP contribution in [0.2, 0.25) is 0 Å². The van der Waals surface area contributed by atoms with Crippen LogP contribution in [-0.4, -0.2) is 9.91 Å². The van der Waals surface area contributed by atoms with Crippen molar-refractivity contribution in [3.63, 3.8) is 0 Å². The molecule has 19 heavy (non-hydrogen) atoms. The van der Waals surface area contributed by atoms with Gasteiger partial charge in [-0.25, -0.2) is 4.98 Å². The summed E-state index contributed by atoms with van der Waals surface area (Å²) in [4.78, 5) is 15.0. The van der Waals surface area contributed by atoms with Gasteiger partial charge in [0.15, 0.2) is 0 Å². The van der Waals surface area contributed by atoms with Crippen molar-refractivity contribution >= 4 is 17.0 Å². The Bertz CT molecular complexity index is 579. The van der Waals surface area contributed by atoms with E-state index in [1.54, 1.807) is 29.5 Å². The summed E-state index contributed by atoms with van der Waals surface area (Å²) < 4.78 is 0. The normalized spacial score (nSPS) is 16.8. The van der Waals surface area contributed by atoms with Crippen LogP contribution >= 0.6 is 11.3 Å². The molecule has 1 unspecified atom stereocenters. The Morgan fingerprint density at radius 1 is 1.42 bits per heavy atom. The molecule has 2 aromatic rings. The van der Waals surface area contributed by atoms with Crippen molar-refractivity contribution in [2.75, 3.05) is 0 Å². The van der Waals surface area contributed by atoms with E-state index >= 15 is 0 Å². The monoisotopic (exact) mass is 274 g/mol. The Labute approximate surface area is 115 Å². The van der Waals surface area contributed by atoms with Crippen LogP contribution in [0, 0.1) is 16.0 Å². The number of thiazole rings is 1. The third-order valence-electron chi connectivity index (χ3n) is 3.78. The minimum absolute atomic E-state index is 0.165. The summed E-state index contributed by atoms with van der Waals surface area (Å²) in [7, 11) is 0. The highest BCUT2D eigenvalue weighted by molar-refractivity contribution is 7.09. The van der Waals surface area contributed by atoms with Gasteiger partial charge in [0.05, 0.1) is 4.92 Å². The molecule has 0 N–H and O–H groups in total. The first kappa shape index (κ1) is 12.3. The Morgan fingerprint density at radius 2 is 2.26 bits per heavy atom. The van der Waals surface area contributed by atoms with Crippen molar-refractivity contribution in [2.45, 2.75) is 25.2 Å². The summed E-state index contributed by atoms with van der Waals surface area (Å²) in [5.41, 5.74) is 1.19. The molecule has 0 aliphatic heterocycles. The van der Waals surface area contributed by atoms with Gasteiger partial charge in [-0.15, -0.1) is 11.3 Å². The standard InChI is InChI=1S/C14H14N2O2S/c17-16(18)12-6-2-5-11(9-12)13(10-3-1-4-10)14-15-7-8-19-14/h2,5-10,13H,1,3-4H2. The maximum Gasteiger partial charge on any atom is 0.269 e. The molecule has 1 aromatic carbocycles. The number of aromatic nitrogens is 1. The van der Waals surface area contributed by atoms with Gasteiger partial charge in [0.1, 0.15) is 5.01 Å². The molecule has 0 saturated heterocycles. The number of hydrogen-bond donors (Lipinski definition) is 0. The summed E-state index contributed by atoms with van der Waals surface area (Å²) in [5, 5.41) is 14.0. The molecule has 1 saturated carbocycles. The zero-order chi connectivity index (χ0) is 13.2. The van der Waals surface area contributed by atoms with Gasteiger partial charge in [-0.05, 0) is 24.3 Å². The molecule has 1 aliphatic carbocycles. The average Bonchev–Trinajstić information content (AvgIpc) is 2.87. The lowest BCUT2D eigenvalue weighted by Crippen LogP contribution is -2.21. The van der Waals surface area contributed by atoms with Gasteiger partial charge in [-0.2, -0.15) is 0 Å². The first-order valence-electron chi connectivity index (χ1n) is 6.39. The molecule has 98 valence electrons. The van der Waals surface area contributed by atoms with Crippen LogP contribution in [0.1, 0.15) is 35.8 Å². The van der Waals surface area contributed by atoms with Crippen LogP contribution < -0.4 is 0 Å². The predicted molar refractivity (Wildman–Crippen MR) is 74.4 cm³/mol. The number of rotatable bonds is 4. The second-order valence-electron chi connectivity index (χ2n) is 4.89. The van der Waals surface area contributed by atoms with Crippen LogP contribution in [0.3, 0.4) is 0 Å². The predicted octanol–water partition coefficient (Wildman–Crippen LogP) is 3.98. The summed E-state index contributed by atoms with van der Waals surface area (Å²) in [6.07, 6.45) is 5.43. The van der Waals surface area contributed by atoms with Crippen LogP contribution in [-0.2, 0) is 0 Å². The molecule has 5 heteroatoms. The van der Waals surface area contributed by atoms with Gasteiger partial charge in [0, 0.05) is 29.6 Å². The van der Waals surface area contributed by atoms with Crippen molar-refractivity contribution in [1.29, 1.82) is 0 Å². The molecule has 1 aliphatic rings. The highest BCUT2D eigenvalue weighted by atomic mass is 32.1. The van der Waals surface area contributed by atoms with Gasteiger partial charge >= 0.3 is 0 Å². The van der Waals surface area contributed by atoms with E-state index in [9.17, 15) is 10.1 Å². The summed E-state index contributed by atoms with van der Waals surface area (Å²) >= 11 is 1.64. The lowest BCUT2D eigenvalue weighted by Gasteiger charge is -2.32. The molecule has 0 bridgehead atoms. The Balaban J connectivity index is 1.99. The lowest BCUT2D eigenvalue weighted by atomic mass is 9.73. The SMILES string of the molecule is O=[N+]([O-])c1cccc(C(c2nccs2)C2CCC2)c1. The fourth-order valence-corrected chi connectivity index (χ4v) is 3.47. The van der Waals surface area contributed by atoms with Crippen molar-refractivity contribution in [2.24, 2.45) is 5.92 Å². The molecule has 1 aromatic heterocycles. The zero-order valence-electron chi connectivity index (χ0n) is 10.4. The summed E-state index contributed by atoms with van der Waals surface area (Å²) in [6, 6.07) is 7.00. The second kappa shape index (κ2) is 5.09. The topological polar surface area (TPSA) is 56.0 Å². The molecule has 1 fully saturated rings. The van der Waals surface area contributed by atoms with Crippen molar-refractivity contribution in [3.8, 4) is 0 Å². The molecule has 1 heterocycles. The smallest absolute Gasteiger partial charge is 0.258 e. The van der Waals surface area contributed by atoms with Crippen LogP contribution in [0.25, 0.3) is 0 Å². The number of non-ortho nitro benzene ring substituents is 1. The summed E-state index contributed by atoms with van der Waals surface area (Å²) in [6.45, 7) is 0. The average molecular weight is 274 g/mol. The molecule has 0 amide bonds. The van der Waals surface area contributed by atoms with Gasteiger partial charge in [0.2, 0.25) is 0 Å². The Morgan fingerprint density at radius 3 is 2.84 bits per heavy atom. The van der Waals surface area contributed by atoms with Gasteiger partial charge in [-0.1, -0.05) is 18.6 Å². The number of hydrogen-bond acceptors (Lipinski definition) is 4. The highest BCUT2D eigenvalue weighted by Gasteiger charge is 2.32. The Hall–Kier alpha value is -1.75. The minimum Gasteiger partial charge on any atom is -0.258 e. The fourth-order valence-electron chi connectivity index (χ4n) is 2.61. The van der Waals surface area contributed by atoms with E-state index in [1.165, 1.54) is 19.3 Å². The van der Waals surface area contributed by atoms with E-state index in [1.807, 2.05) is 17.6 Å². The lowest BCUT2D eigenvalue weighted by molar-refractivity contribution is -0.384. The molecule has 0 radical (unpaired) electrons. The number of benzene rings is 1. The van der Waals surface area contributed by atoms with Crippen molar-refractivity contribution < 1.29 is 4.92 Å². The fraction of sp³-hybridized carbons (Fsp3) is 0.357. The number of nitro benzene ring substituents is 1. The molecular weight excluding hydrogens is 260 g/mol. The third kappa shape index (κ3) is 2.38. The largest absolute Gasteiger partial charge is 0.269 e. The van der Waals surface area contributed by atoms with Crippen molar-refractivity contribution in [3.05, 3.63) is 56.5 Å². The molecule has 3 rings (SSSR count). The molecule has 0 spiro atoms. The first-order valence-corrected chi connectivity index (χ1v) is 7.27. The third-order valence-corrected chi connectivity index (χ3v) is 4.64. The van der Waals surface area contributed by atoms with Gasteiger partial charge in [-0.3, -0.25) is 10.1 Å². The van der Waals surface area contributed by atoms with Crippen LogP contribution in [0.4, 0.5) is 5.69 Å². The first-order chi connectivity index (χ1) is 9.25. The summed E-state index contributed by atoms with van der Waals surface area (Å²) in [5.74, 6) is 0.793. The molecular formula is C14H14N2O2S. The van der Waals surface area contributed by atoms with Gasteiger partial charge in [0.25, 0.3) is 5.69 Å². The maximum atomic E-state index is 10.9. The van der Waals surface area contributed by atoms with Crippen LogP contribution in [0.5, 0.6) is 0 Å². The van der Waals surface area contributed by atoms with E-state index < -0.39 is 0 Å².